The van der Waals surface area contributed by atoms with E-state index in [4.69, 9.17) is 21.3 Å². The summed E-state index contributed by atoms with van der Waals surface area (Å²) >= 11 is 6.07. The molecule has 1 heterocycles. The average Bonchev–Trinajstić information content (AvgIpc) is 2.78. The van der Waals surface area contributed by atoms with Crippen LogP contribution in [0.1, 0.15) is 24.4 Å². The summed E-state index contributed by atoms with van der Waals surface area (Å²) in [4.78, 5) is 7.38. The number of amidine groups is 1. The lowest BCUT2D eigenvalue weighted by atomic mass is 9.90. The van der Waals surface area contributed by atoms with Crippen molar-refractivity contribution in [2.45, 2.75) is 24.9 Å². The van der Waals surface area contributed by atoms with Crippen LogP contribution in [0.25, 0.3) is 10.8 Å². The second kappa shape index (κ2) is 8.00. The summed E-state index contributed by atoms with van der Waals surface area (Å²) < 4.78 is 5.34. The highest BCUT2D eigenvalue weighted by molar-refractivity contribution is 6.31. The zero-order chi connectivity index (χ0) is 20.5. The van der Waals surface area contributed by atoms with Crippen molar-refractivity contribution < 1.29 is 4.74 Å². The SMILES string of the molecule is COc1ccc(N2/C(=N/C3C=CC(Cl)=CC3)CC2c2ccc3ccccc3c2)cc1. The molecular weight excluding hydrogens is 392 g/mol. The number of halogens is 1. The topological polar surface area (TPSA) is 24.8 Å². The fourth-order valence-electron chi connectivity index (χ4n) is 4.17. The van der Waals surface area contributed by atoms with Gasteiger partial charge >= 0.3 is 0 Å². The lowest BCUT2D eigenvalue weighted by molar-refractivity contribution is 0.415. The van der Waals surface area contributed by atoms with E-state index in [2.05, 4.69) is 65.6 Å². The van der Waals surface area contributed by atoms with Crippen LogP contribution >= 0.6 is 11.6 Å². The van der Waals surface area contributed by atoms with Gasteiger partial charge in [-0.1, -0.05) is 60.2 Å². The third-order valence-electron chi connectivity index (χ3n) is 5.82. The second-order valence-electron chi connectivity index (χ2n) is 7.69. The van der Waals surface area contributed by atoms with Crippen molar-refractivity contribution in [2.24, 2.45) is 4.99 Å². The third-order valence-corrected chi connectivity index (χ3v) is 6.10. The van der Waals surface area contributed by atoms with Crippen molar-refractivity contribution in [3.8, 4) is 5.75 Å². The summed E-state index contributed by atoms with van der Waals surface area (Å²) in [6, 6.07) is 23.9. The highest BCUT2D eigenvalue weighted by Gasteiger charge is 2.37. The number of hydrogen-bond donors (Lipinski definition) is 0. The predicted molar refractivity (Wildman–Crippen MR) is 126 cm³/mol. The predicted octanol–water partition coefficient (Wildman–Crippen LogP) is 6.65. The highest BCUT2D eigenvalue weighted by Crippen LogP contribution is 2.41. The summed E-state index contributed by atoms with van der Waals surface area (Å²) in [5.74, 6) is 1.97. The highest BCUT2D eigenvalue weighted by atomic mass is 35.5. The maximum atomic E-state index is 6.07. The van der Waals surface area contributed by atoms with E-state index in [1.54, 1.807) is 7.11 Å². The van der Waals surface area contributed by atoms with Gasteiger partial charge in [0.05, 0.1) is 19.2 Å². The van der Waals surface area contributed by atoms with E-state index in [0.717, 1.165) is 35.1 Å². The Morgan fingerprint density at radius 1 is 1.00 bits per heavy atom. The minimum absolute atomic E-state index is 0.140. The molecule has 3 aromatic rings. The second-order valence-corrected chi connectivity index (χ2v) is 8.13. The first-order valence-electron chi connectivity index (χ1n) is 10.2. The largest absolute Gasteiger partial charge is 0.497 e. The molecule has 2 atom stereocenters. The quantitative estimate of drug-likeness (QED) is 0.477. The molecule has 1 aliphatic heterocycles. The molecule has 3 nitrogen and oxygen atoms in total. The van der Waals surface area contributed by atoms with Gasteiger partial charge in [0, 0.05) is 17.1 Å². The molecule has 1 saturated heterocycles. The van der Waals surface area contributed by atoms with Crippen LogP contribution < -0.4 is 9.64 Å². The van der Waals surface area contributed by atoms with Gasteiger partial charge in [0.2, 0.25) is 0 Å². The molecule has 0 N–H and O–H groups in total. The van der Waals surface area contributed by atoms with E-state index in [1.165, 1.54) is 16.3 Å². The van der Waals surface area contributed by atoms with Crippen molar-refractivity contribution in [2.75, 3.05) is 12.0 Å². The smallest absolute Gasteiger partial charge is 0.119 e. The molecule has 0 bridgehead atoms. The maximum absolute atomic E-state index is 6.07. The van der Waals surface area contributed by atoms with E-state index < -0.39 is 0 Å². The summed E-state index contributed by atoms with van der Waals surface area (Å²) in [6.07, 6.45) is 7.83. The lowest BCUT2D eigenvalue weighted by Crippen LogP contribution is -2.47. The molecular formula is C26H23ClN2O. The van der Waals surface area contributed by atoms with E-state index in [-0.39, 0.29) is 12.1 Å². The Balaban J connectivity index is 1.49. The van der Waals surface area contributed by atoms with E-state index >= 15 is 0 Å². The molecule has 0 spiro atoms. The Hall–Kier alpha value is -3.04. The molecule has 5 rings (SSSR count). The molecule has 150 valence electrons. The number of nitrogens with zero attached hydrogens (tertiary/aromatic N) is 2. The van der Waals surface area contributed by atoms with Gasteiger partial charge in [-0.05, 0) is 59.2 Å². The van der Waals surface area contributed by atoms with Gasteiger partial charge in [0.1, 0.15) is 11.6 Å². The molecule has 1 fully saturated rings. The number of aliphatic imine (C=N–C) groups is 1. The van der Waals surface area contributed by atoms with E-state index in [0.29, 0.717) is 0 Å². The number of fused-ring (bicyclic) bond motifs is 1. The summed E-state index contributed by atoms with van der Waals surface area (Å²) in [5, 5.41) is 3.33. The van der Waals surface area contributed by atoms with Crippen molar-refractivity contribution in [3.63, 3.8) is 0 Å². The first-order chi connectivity index (χ1) is 14.7. The minimum Gasteiger partial charge on any atom is -0.497 e. The van der Waals surface area contributed by atoms with Crippen molar-refractivity contribution in [1.82, 2.24) is 0 Å². The molecule has 2 aliphatic rings. The molecule has 30 heavy (non-hydrogen) atoms. The van der Waals surface area contributed by atoms with Crippen LogP contribution in [0.15, 0.2) is 95.0 Å². The molecule has 0 aromatic heterocycles. The Labute approximate surface area is 182 Å². The van der Waals surface area contributed by atoms with Crippen LogP contribution in [0.4, 0.5) is 5.69 Å². The average molecular weight is 415 g/mol. The maximum Gasteiger partial charge on any atom is 0.119 e. The molecule has 0 amide bonds. The normalized spacial score (nSPS) is 22.1. The fourth-order valence-corrected chi connectivity index (χ4v) is 4.33. The molecule has 3 aromatic carbocycles. The lowest BCUT2D eigenvalue weighted by Gasteiger charge is -2.45. The van der Waals surface area contributed by atoms with Crippen LogP contribution in [0.3, 0.4) is 0 Å². The fraction of sp³-hybridized carbons (Fsp3) is 0.192. The molecule has 0 radical (unpaired) electrons. The van der Waals surface area contributed by atoms with Crippen molar-refractivity contribution in [1.29, 1.82) is 0 Å². The van der Waals surface area contributed by atoms with Crippen LogP contribution in [-0.2, 0) is 0 Å². The summed E-state index contributed by atoms with van der Waals surface area (Å²) in [6.45, 7) is 0. The van der Waals surface area contributed by atoms with Crippen molar-refractivity contribution in [3.05, 3.63) is 95.6 Å². The van der Waals surface area contributed by atoms with E-state index in [9.17, 15) is 0 Å². The molecule has 0 saturated carbocycles. The third kappa shape index (κ3) is 3.61. The first kappa shape index (κ1) is 19.0. The zero-order valence-corrected chi connectivity index (χ0v) is 17.6. The number of rotatable bonds is 4. The van der Waals surface area contributed by atoms with Gasteiger partial charge in [-0.25, -0.2) is 0 Å². The summed E-state index contributed by atoms with van der Waals surface area (Å²) in [5.41, 5.74) is 2.44. The Morgan fingerprint density at radius 3 is 2.53 bits per heavy atom. The van der Waals surface area contributed by atoms with Gasteiger partial charge in [-0.2, -0.15) is 0 Å². The van der Waals surface area contributed by atoms with Crippen LogP contribution in [0.5, 0.6) is 5.75 Å². The van der Waals surface area contributed by atoms with Crippen molar-refractivity contribution >= 4 is 33.9 Å². The number of anilines is 1. The van der Waals surface area contributed by atoms with Gasteiger partial charge in [-0.15, -0.1) is 0 Å². The molecule has 1 aliphatic carbocycles. The molecule has 2 unspecified atom stereocenters. The number of allylic oxidation sites excluding steroid dienone is 2. The summed E-state index contributed by atoms with van der Waals surface area (Å²) in [7, 11) is 1.69. The zero-order valence-electron chi connectivity index (χ0n) is 16.8. The van der Waals surface area contributed by atoms with Gasteiger partial charge in [0.25, 0.3) is 0 Å². The van der Waals surface area contributed by atoms with Gasteiger partial charge in [-0.3, -0.25) is 4.99 Å². The van der Waals surface area contributed by atoms with E-state index in [1.807, 2.05) is 24.3 Å². The number of benzene rings is 3. The first-order valence-corrected chi connectivity index (χ1v) is 10.6. The van der Waals surface area contributed by atoms with Crippen LogP contribution in [0, 0.1) is 0 Å². The standard InChI is InChI=1S/C26H23ClN2O/c1-30-24-14-12-23(13-15-24)29-25(17-26(29)28-22-10-8-21(27)9-11-22)20-7-6-18-4-2-3-5-19(18)16-20/h2-10,12-16,22,25H,11,17H2,1H3/b28-26+. The Bertz CT molecular complexity index is 1160. The number of hydrogen-bond acceptors (Lipinski definition) is 2. The monoisotopic (exact) mass is 414 g/mol. The minimum atomic E-state index is 0.140. The molecule has 4 heteroatoms. The Kier molecular flexibility index (Phi) is 5.06. The van der Waals surface area contributed by atoms with Crippen LogP contribution in [0.2, 0.25) is 0 Å². The van der Waals surface area contributed by atoms with Crippen LogP contribution in [-0.4, -0.2) is 19.0 Å². The Morgan fingerprint density at radius 2 is 1.80 bits per heavy atom. The number of ether oxygens (including phenoxy) is 1. The van der Waals surface area contributed by atoms with Gasteiger partial charge < -0.3 is 9.64 Å². The number of methoxy groups -OCH3 is 1. The van der Waals surface area contributed by atoms with Gasteiger partial charge in [0.15, 0.2) is 0 Å².